The zero-order valence-corrected chi connectivity index (χ0v) is 27.4. The van der Waals surface area contributed by atoms with E-state index >= 15 is 0 Å². The van der Waals surface area contributed by atoms with Crippen molar-refractivity contribution in [2.24, 2.45) is 0 Å². The van der Waals surface area contributed by atoms with E-state index in [-0.39, 0.29) is 13.0 Å². The highest BCUT2D eigenvalue weighted by molar-refractivity contribution is 5.77. The molecule has 0 spiro atoms. The van der Waals surface area contributed by atoms with E-state index in [9.17, 15) is 4.79 Å². The Kier molecular flexibility index (Phi) is 14.6. The van der Waals surface area contributed by atoms with Gasteiger partial charge in [-0.25, -0.2) is 4.98 Å². The SMILES string of the molecule is O=C(O)CCOCCOCCOCCOCCOCCN1CCN(c2ccc(-c3cnc(CCc4ccco4)n4cnnc34)cc2)CC1. The smallest absolute Gasteiger partial charge is 0.305 e. The van der Waals surface area contributed by atoms with Gasteiger partial charge < -0.3 is 38.1 Å². The first-order chi connectivity index (χ1) is 23.7. The normalized spacial score (nSPS) is 13.9. The largest absolute Gasteiger partial charge is 0.481 e. The average Bonchev–Trinajstić information content (AvgIpc) is 3.82. The van der Waals surface area contributed by atoms with Crippen molar-refractivity contribution in [1.82, 2.24) is 24.5 Å². The summed E-state index contributed by atoms with van der Waals surface area (Å²) in [5.41, 5.74) is 4.04. The van der Waals surface area contributed by atoms with E-state index in [1.54, 1.807) is 12.6 Å². The van der Waals surface area contributed by atoms with Gasteiger partial charge in [0, 0.05) is 63.0 Å². The number of aliphatic carboxylic acids is 1. The van der Waals surface area contributed by atoms with E-state index in [4.69, 9.17) is 38.2 Å². The molecule has 5 rings (SSSR count). The number of anilines is 1. The van der Waals surface area contributed by atoms with Crippen molar-refractivity contribution in [1.29, 1.82) is 0 Å². The predicted octanol–water partition coefficient (Wildman–Crippen LogP) is 2.85. The third-order valence-corrected chi connectivity index (χ3v) is 8.00. The summed E-state index contributed by atoms with van der Waals surface area (Å²) in [5.74, 6) is 0.971. The Balaban J connectivity index is 0.898. The summed E-state index contributed by atoms with van der Waals surface area (Å²) in [7, 11) is 0. The summed E-state index contributed by atoms with van der Waals surface area (Å²) < 4.78 is 34.8. The highest BCUT2D eigenvalue weighted by Crippen LogP contribution is 2.27. The van der Waals surface area contributed by atoms with Crippen LogP contribution in [-0.2, 0) is 41.3 Å². The van der Waals surface area contributed by atoms with Crippen LogP contribution in [0.3, 0.4) is 0 Å². The molecule has 48 heavy (non-hydrogen) atoms. The summed E-state index contributed by atoms with van der Waals surface area (Å²) in [6.45, 7) is 9.51. The Labute approximate surface area is 280 Å². The topological polar surface area (TPSA) is 146 Å². The molecule has 0 bridgehead atoms. The van der Waals surface area contributed by atoms with Crippen LogP contribution in [0.4, 0.5) is 5.69 Å². The molecule has 0 atom stereocenters. The lowest BCUT2D eigenvalue weighted by Gasteiger charge is -2.36. The molecule has 0 unspecified atom stereocenters. The number of piperazine rings is 1. The molecule has 0 amide bonds. The lowest BCUT2D eigenvalue weighted by Crippen LogP contribution is -2.47. The first-order valence-electron chi connectivity index (χ1n) is 16.6. The summed E-state index contributed by atoms with van der Waals surface area (Å²) >= 11 is 0. The first-order valence-corrected chi connectivity index (χ1v) is 16.6. The molecule has 1 saturated heterocycles. The third-order valence-electron chi connectivity index (χ3n) is 8.00. The van der Waals surface area contributed by atoms with Crippen molar-refractivity contribution in [3.05, 3.63) is 66.8 Å². The maximum absolute atomic E-state index is 10.4. The second-order valence-corrected chi connectivity index (χ2v) is 11.3. The summed E-state index contributed by atoms with van der Waals surface area (Å²) in [5, 5.41) is 17.1. The van der Waals surface area contributed by atoms with Gasteiger partial charge in [0.25, 0.3) is 0 Å². The van der Waals surface area contributed by atoms with E-state index in [1.165, 1.54) is 5.69 Å². The van der Waals surface area contributed by atoms with Crippen LogP contribution in [0.25, 0.3) is 16.8 Å². The lowest BCUT2D eigenvalue weighted by molar-refractivity contribution is -0.138. The molecule has 14 heteroatoms. The molecule has 1 fully saturated rings. The van der Waals surface area contributed by atoms with Gasteiger partial charge in [-0.15, -0.1) is 10.2 Å². The van der Waals surface area contributed by atoms with Gasteiger partial charge in [-0.2, -0.15) is 0 Å². The minimum absolute atomic E-state index is 0.00354. The second-order valence-electron chi connectivity index (χ2n) is 11.3. The number of carboxylic acid groups (broad SMARTS) is 1. The maximum Gasteiger partial charge on any atom is 0.305 e. The van der Waals surface area contributed by atoms with E-state index in [0.29, 0.717) is 59.5 Å². The summed E-state index contributed by atoms with van der Waals surface area (Å²) in [4.78, 5) is 20.0. The number of aryl methyl sites for hydroxylation is 2. The number of benzene rings is 1. The van der Waals surface area contributed by atoms with Gasteiger partial charge in [0.15, 0.2) is 5.65 Å². The maximum atomic E-state index is 10.4. The Bertz CT molecular complexity index is 1470. The highest BCUT2D eigenvalue weighted by atomic mass is 16.6. The van der Waals surface area contributed by atoms with Gasteiger partial charge in [0.1, 0.15) is 17.9 Å². The fourth-order valence-corrected chi connectivity index (χ4v) is 5.36. The van der Waals surface area contributed by atoms with Gasteiger partial charge in [-0.05, 0) is 29.8 Å². The predicted molar refractivity (Wildman–Crippen MR) is 177 cm³/mol. The fraction of sp³-hybridized carbons (Fsp3) is 0.529. The van der Waals surface area contributed by atoms with Crippen molar-refractivity contribution < 1.29 is 38.0 Å². The molecule has 0 saturated carbocycles. The number of hydrogen-bond donors (Lipinski definition) is 1. The molecular weight excluding hydrogens is 620 g/mol. The van der Waals surface area contributed by atoms with E-state index in [0.717, 1.165) is 73.9 Å². The molecule has 14 nitrogen and oxygen atoms in total. The Morgan fingerprint density at radius 3 is 2.06 bits per heavy atom. The summed E-state index contributed by atoms with van der Waals surface area (Å²) in [6, 6.07) is 12.5. The fourth-order valence-electron chi connectivity index (χ4n) is 5.36. The number of fused-ring (bicyclic) bond motifs is 1. The van der Waals surface area contributed by atoms with Crippen molar-refractivity contribution in [3.8, 4) is 11.1 Å². The van der Waals surface area contributed by atoms with Crippen molar-refractivity contribution in [3.63, 3.8) is 0 Å². The van der Waals surface area contributed by atoms with Crippen LogP contribution in [0.5, 0.6) is 0 Å². The molecule has 1 aliphatic rings. The molecule has 1 aromatic carbocycles. The number of furan rings is 1. The van der Waals surface area contributed by atoms with Crippen LogP contribution in [-0.4, -0.2) is 134 Å². The molecule has 1 N–H and O–H groups in total. The number of nitrogens with zero attached hydrogens (tertiary/aromatic N) is 6. The van der Waals surface area contributed by atoms with Crippen LogP contribution < -0.4 is 4.90 Å². The van der Waals surface area contributed by atoms with E-state index in [2.05, 4.69) is 44.3 Å². The Morgan fingerprint density at radius 1 is 0.792 bits per heavy atom. The number of carboxylic acids is 1. The number of carbonyl (C=O) groups is 1. The Morgan fingerprint density at radius 2 is 1.44 bits per heavy atom. The number of ether oxygens (including phenoxy) is 5. The number of aromatic nitrogens is 4. The zero-order chi connectivity index (χ0) is 33.2. The molecule has 260 valence electrons. The van der Waals surface area contributed by atoms with Gasteiger partial charge in [-0.1, -0.05) is 12.1 Å². The standard InChI is InChI=1S/C34H46N6O8/c41-33(42)9-16-43-18-20-45-22-24-47-25-23-46-21-19-44-17-14-38-10-12-39(13-11-38)29-5-3-28(4-6-29)31-26-35-32(40-27-36-37-34(31)40)8-7-30-2-1-15-48-30/h1-6,15,26-27H,7-14,16-25H2,(H,41,42). The van der Waals surface area contributed by atoms with E-state index in [1.807, 2.05) is 22.7 Å². The molecule has 1 aliphatic heterocycles. The number of hydrogen-bond acceptors (Lipinski definition) is 12. The quantitative estimate of drug-likeness (QED) is 0.116. The summed E-state index contributed by atoms with van der Waals surface area (Å²) in [6.07, 6.45) is 6.82. The van der Waals surface area contributed by atoms with Crippen LogP contribution in [0, 0.1) is 0 Å². The third kappa shape index (κ3) is 11.4. The molecule has 0 aliphatic carbocycles. The van der Waals surface area contributed by atoms with Crippen molar-refractivity contribution in [2.45, 2.75) is 19.3 Å². The number of rotatable bonds is 23. The van der Waals surface area contributed by atoms with Crippen LogP contribution in [0.2, 0.25) is 0 Å². The van der Waals surface area contributed by atoms with Gasteiger partial charge in [-0.3, -0.25) is 14.1 Å². The van der Waals surface area contributed by atoms with Crippen molar-refractivity contribution in [2.75, 3.05) is 104 Å². The van der Waals surface area contributed by atoms with Gasteiger partial charge in [0.2, 0.25) is 0 Å². The lowest BCUT2D eigenvalue weighted by atomic mass is 10.1. The van der Waals surface area contributed by atoms with Crippen molar-refractivity contribution >= 4 is 17.3 Å². The van der Waals surface area contributed by atoms with Crippen LogP contribution in [0.1, 0.15) is 18.0 Å². The molecule has 4 heterocycles. The molecule has 3 aromatic heterocycles. The Hall–Kier alpha value is -3.92. The second kappa shape index (κ2) is 19.8. The van der Waals surface area contributed by atoms with Gasteiger partial charge in [0.05, 0.1) is 78.8 Å². The molecule has 0 radical (unpaired) electrons. The highest BCUT2D eigenvalue weighted by Gasteiger charge is 2.18. The minimum Gasteiger partial charge on any atom is -0.481 e. The van der Waals surface area contributed by atoms with Crippen LogP contribution >= 0.6 is 0 Å². The van der Waals surface area contributed by atoms with E-state index < -0.39 is 5.97 Å². The van der Waals surface area contributed by atoms with Gasteiger partial charge >= 0.3 is 5.97 Å². The molecular formula is C34H46N6O8. The average molecular weight is 667 g/mol. The molecule has 4 aromatic rings. The zero-order valence-electron chi connectivity index (χ0n) is 27.4. The first kappa shape index (κ1) is 35.4. The van der Waals surface area contributed by atoms with Crippen LogP contribution in [0.15, 0.2) is 59.6 Å². The monoisotopic (exact) mass is 666 g/mol. The minimum atomic E-state index is -0.867.